The van der Waals surface area contributed by atoms with Crippen LogP contribution in [-0.4, -0.2) is 56.3 Å². The second-order valence-corrected chi connectivity index (χ2v) is 10.5. The molecule has 1 unspecified atom stereocenters. The van der Waals surface area contributed by atoms with E-state index in [0.29, 0.717) is 5.69 Å². The molecule has 0 N–H and O–H groups in total. The fraction of sp³-hybridized carbons (Fsp3) is 0.545. The van der Waals surface area contributed by atoms with Crippen molar-refractivity contribution in [3.8, 4) is 0 Å². The van der Waals surface area contributed by atoms with Gasteiger partial charge in [0.25, 0.3) is 5.91 Å². The molecule has 1 aromatic rings. The SMILES string of the molecule is Cc1cccc(N(C(=O)[C@@H]2CS(=O)CN2C2=NC(C)(C)CC(C(F)(F)F)=C2)C(C)C)c1. The molecule has 1 saturated heterocycles. The molecule has 1 amide bonds. The van der Waals surface area contributed by atoms with Gasteiger partial charge in [0, 0.05) is 34.5 Å². The van der Waals surface area contributed by atoms with Gasteiger partial charge < -0.3 is 9.80 Å². The number of carbonyl (C=O) groups is 1. The molecular weight excluding hydrogens is 427 g/mol. The Morgan fingerprint density at radius 1 is 1.32 bits per heavy atom. The number of benzene rings is 1. The minimum atomic E-state index is -4.48. The number of halogens is 3. The number of aliphatic imine (C=N–C) groups is 1. The zero-order chi connectivity index (χ0) is 23.1. The molecule has 0 radical (unpaired) electrons. The third-order valence-electron chi connectivity index (χ3n) is 5.32. The number of amidine groups is 1. The Morgan fingerprint density at radius 3 is 2.58 bits per heavy atom. The highest BCUT2D eigenvalue weighted by Crippen LogP contribution is 2.37. The predicted molar refractivity (Wildman–Crippen MR) is 118 cm³/mol. The molecule has 2 heterocycles. The summed E-state index contributed by atoms with van der Waals surface area (Å²) in [5, 5.41) is 0. The van der Waals surface area contributed by atoms with Crippen molar-refractivity contribution in [3.63, 3.8) is 0 Å². The van der Waals surface area contributed by atoms with Crippen LogP contribution in [0.4, 0.5) is 18.9 Å². The number of hydrogen-bond donors (Lipinski definition) is 0. The molecule has 1 fully saturated rings. The molecule has 2 aliphatic heterocycles. The molecule has 3 rings (SSSR count). The van der Waals surface area contributed by atoms with E-state index in [2.05, 4.69) is 4.99 Å². The molecule has 1 aromatic carbocycles. The number of dihydropyridines is 1. The Morgan fingerprint density at radius 2 is 2.00 bits per heavy atom. The normalized spacial score (nSPS) is 23.6. The molecule has 170 valence electrons. The van der Waals surface area contributed by atoms with E-state index in [-0.39, 0.29) is 35.8 Å². The van der Waals surface area contributed by atoms with Gasteiger partial charge in [-0.05, 0) is 58.4 Å². The Bertz CT molecular complexity index is 954. The number of carbonyl (C=O) groups excluding carboxylic acids is 1. The van der Waals surface area contributed by atoms with Gasteiger partial charge in [0.2, 0.25) is 0 Å². The molecule has 31 heavy (non-hydrogen) atoms. The van der Waals surface area contributed by atoms with E-state index < -0.39 is 34.1 Å². The van der Waals surface area contributed by atoms with Crippen molar-refractivity contribution < 1.29 is 22.2 Å². The summed E-state index contributed by atoms with van der Waals surface area (Å²) in [4.78, 5) is 21.2. The van der Waals surface area contributed by atoms with Crippen LogP contribution in [0.3, 0.4) is 0 Å². The number of rotatable bonds is 3. The van der Waals surface area contributed by atoms with Crippen LogP contribution in [-0.2, 0) is 15.6 Å². The first kappa shape index (κ1) is 23.5. The summed E-state index contributed by atoms with van der Waals surface area (Å²) in [6, 6.07) is 6.45. The van der Waals surface area contributed by atoms with E-state index in [1.165, 1.54) is 4.90 Å². The molecule has 5 nitrogen and oxygen atoms in total. The topological polar surface area (TPSA) is 53.0 Å². The Hall–Kier alpha value is -2.16. The van der Waals surface area contributed by atoms with Crippen LogP contribution >= 0.6 is 0 Å². The summed E-state index contributed by atoms with van der Waals surface area (Å²) < 4.78 is 52.9. The van der Waals surface area contributed by atoms with Crippen molar-refractivity contribution in [2.45, 2.75) is 64.8 Å². The Labute approximate surface area is 183 Å². The monoisotopic (exact) mass is 455 g/mol. The zero-order valence-corrected chi connectivity index (χ0v) is 19.2. The van der Waals surface area contributed by atoms with Crippen LogP contribution in [0.25, 0.3) is 0 Å². The van der Waals surface area contributed by atoms with E-state index in [0.717, 1.165) is 11.6 Å². The summed E-state index contributed by atoms with van der Waals surface area (Å²) in [5.41, 5.74) is 0.0285. The molecule has 0 aliphatic carbocycles. The van der Waals surface area contributed by atoms with Crippen molar-refractivity contribution in [3.05, 3.63) is 41.5 Å². The van der Waals surface area contributed by atoms with Gasteiger partial charge in [0.1, 0.15) is 11.9 Å². The predicted octanol–water partition coefficient (Wildman–Crippen LogP) is 4.20. The summed E-state index contributed by atoms with van der Waals surface area (Å²) in [7, 11) is -1.37. The van der Waals surface area contributed by atoms with Crippen LogP contribution in [0.5, 0.6) is 0 Å². The summed E-state index contributed by atoms with van der Waals surface area (Å²) in [5.74, 6) is -0.185. The maximum Gasteiger partial charge on any atom is 0.412 e. The molecule has 0 aromatic heterocycles. The van der Waals surface area contributed by atoms with Gasteiger partial charge in [0.15, 0.2) is 0 Å². The summed E-state index contributed by atoms with van der Waals surface area (Å²) >= 11 is 0. The highest BCUT2D eigenvalue weighted by atomic mass is 32.2. The third-order valence-corrected chi connectivity index (χ3v) is 6.58. The van der Waals surface area contributed by atoms with Gasteiger partial charge in [-0.3, -0.25) is 14.0 Å². The van der Waals surface area contributed by atoms with Crippen molar-refractivity contribution in [2.75, 3.05) is 16.5 Å². The number of amides is 1. The van der Waals surface area contributed by atoms with Gasteiger partial charge in [-0.1, -0.05) is 12.1 Å². The summed E-state index contributed by atoms with van der Waals surface area (Å²) in [6.07, 6.45) is -3.72. The average Bonchev–Trinajstić information content (AvgIpc) is 3.01. The lowest BCUT2D eigenvalue weighted by Crippen LogP contribution is -2.52. The van der Waals surface area contributed by atoms with Gasteiger partial charge in [0.05, 0.1) is 17.2 Å². The lowest BCUT2D eigenvalue weighted by atomic mass is 9.92. The fourth-order valence-corrected chi connectivity index (χ4v) is 5.40. The first-order valence-electron chi connectivity index (χ1n) is 10.2. The van der Waals surface area contributed by atoms with Crippen LogP contribution in [0.2, 0.25) is 0 Å². The van der Waals surface area contributed by atoms with E-state index in [4.69, 9.17) is 0 Å². The van der Waals surface area contributed by atoms with Gasteiger partial charge >= 0.3 is 6.18 Å². The molecule has 9 heteroatoms. The molecule has 0 bridgehead atoms. The second-order valence-electron chi connectivity index (χ2n) is 8.99. The van der Waals surface area contributed by atoms with E-state index in [9.17, 15) is 22.2 Å². The van der Waals surface area contributed by atoms with E-state index in [1.807, 2.05) is 45.0 Å². The van der Waals surface area contributed by atoms with E-state index >= 15 is 0 Å². The quantitative estimate of drug-likeness (QED) is 0.687. The van der Waals surface area contributed by atoms with Gasteiger partial charge in [-0.2, -0.15) is 13.2 Å². The van der Waals surface area contributed by atoms with Crippen molar-refractivity contribution in [1.82, 2.24) is 4.90 Å². The number of aryl methyl sites for hydroxylation is 1. The number of nitrogens with zero attached hydrogens (tertiary/aromatic N) is 3. The molecule has 0 saturated carbocycles. The zero-order valence-electron chi connectivity index (χ0n) is 18.4. The Balaban J connectivity index is 2.00. The standard InChI is InChI=1S/C22H28F3N3O2S/c1-14(2)28(17-8-6-7-15(3)9-17)20(29)18-12-31(30)13-27(18)19-10-16(22(23,24)25)11-21(4,5)26-19/h6-10,14,18H,11-13H2,1-5H3/t18-,31?/m0/s1. The number of alkyl halides is 3. The largest absolute Gasteiger partial charge is 0.412 e. The van der Waals surface area contributed by atoms with Crippen molar-refractivity contribution in [2.24, 2.45) is 4.99 Å². The molecule has 2 aliphatic rings. The van der Waals surface area contributed by atoms with Crippen molar-refractivity contribution >= 4 is 28.2 Å². The minimum absolute atomic E-state index is 0.0211. The van der Waals surface area contributed by atoms with Gasteiger partial charge in [-0.25, -0.2) is 0 Å². The van der Waals surface area contributed by atoms with Crippen LogP contribution in [0.1, 0.15) is 39.7 Å². The minimum Gasteiger partial charge on any atom is -0.332 e. The average molecular weight is 456 g/mol. The Kier molecular flexibility index (Phi) is 6.37. The maximum atomic E-state index is 13.6. The molecule has 2 atom stereocenters. The van der Waals surface area contributed by atoms with Crippen molar-refractivity contribution in [1.29, 1.82) is 0 Å². The number of anilines is 1. The first-order valence-corrected chi connectivity index (χ1v) is 11.7. The third kappa shape index (κ3) is 5.19. The summed E-state index contributed by atoms with van der Waals surface area (Å²) in [6.45, 7) is 8.93. The highest BCUT2D eigenvalue weighted by molar-refractivity contribution is 7.85. The van der Waals surface area contributed by atoms with Crippen LogP contribution in [0.15, 0.2) is 40.9 Å². The first-order chi connectivity index (χ1) is 14.3. The fourth-order valence-electron chi connectivity index (χ4n) is 4.00. The molecule has 0 spiro atoms. The molecular formula is C22H28F3N3O2S. The smallest absolute Gasteiger partial charge is 0.332 e. The number of hydrogen-bond acceptors (Lipinski definition) is 4. The lowest BCUT2D eigenvalue weighted by Gasteiger charge is -2.36. The van der Waals surface area contributed by atoms with Gasteiger partial charge in [-0.15, -0.1) is 0 Å². The van der Waals surface area contributed by atoms with Crippen LogP contribution in [0, 0.1) is 6.92 Å². The maximum absolute atomic E-state index is 13.6. The van der Waals surface area contributed by atoms with E-state index in [1.54, 1.807) is 18.7 Å². The highest BCUT2D eigenvalue weighted by Gasteiger charge is 2.44. The lowest BCUT2D eigenvalue weighted by molar-refractivity contribution is -0.121. The second kappa shape index (κ2) is 8.41. The van der Waals surface area contributed by atoms with Crippen LogP contribution < -0.4 is 4.90 Å².